The third kappa shape index (κ3) is 3.45. The number of fused-ring (bicyclic) bond motifs is 1. The molecule has 32 heavy (non-hydrogen) atoms. The predicted molar refractivity (Wildman–Crippen MR) is 117 cm³/mol. The maximum atomic E-state index is 13.0. The molecule has 158 valence electrons. The molecule has 9 nitrogen and oxygen atoms in total. The molecule has 2 N–H and O–H groups in total. The molecule has 0 spiro atoms. The Morgan fingerprint density at radius 3 is 2.72 bits per heavy atom. The van der Waals surface area contributed by atoms with Gasteiger partial charge in [-0.25, -0.2) is 9.67 Å². The number of para-hydroxylation sites is 1. The van der Waals surface area contributed by atoms with E-state index in [1.807, 2.05) is 48.7 Å². The summed E-state index contributed by atoms with van der Waals surface area (Å²) in [4.78, 5) is 35.8. The number of H-pyrrole nitrogens is 1. The van der Waals surface area contributed by atoms with Gasteiger partial charge in [-0.2, -0.15) is 5.10 Å². The van der Waals surface area contributed by atoms with Crippen LogP contribution in [0.2, 0.25) is 0 Å². The molecule has 4 aromatic heterocycles. The van der Waals surface area contributed by atoms with Crippen LogP contribution >= 0.6 is 0 Å². The van der Waals surface area contributed by atoms with Gasteiger partial charge in [0, 0.05) is 36.3 Å². The summed E-state index contributed by atoms with van der Waals surface area (Å²) in [5.41, 5.74) is 3.20. The summed E-state index contributed by atoms with van der Waals surface area (Å²) in [7, 11) is 0. The smallest absolute Gasteiger partial charge is 0.262 e. The summed E-state index contributed by atoms with van der Waals surface area (Å²) < 4.78 is 7.26. The molecular weight excluding hydrogens is 408 g/mol. The lowest BCUT2D eigenvalue weighted by Gasteiger charge is -2.05. The molecule has 0 unspecified atom stereocenters. The van der Waals surface area contributed by atoms with E-state index in [4.69, 9.17) is 9.52 Å². The van der Waals surface area contributed by atoms with Crippen LogP contribution in [0.25, 0.3) is 28.0 Å². The number of amides is 1. The molecule has 0 aliphatic carbocycles. The molecule has 9 heteroatoms. The van der Waals surface area contributed by atoms with E-state index in [1.165, 1.54) is 6.33 Å². The van der Waals surface area contributed by atoms with Crippen molar-refractivity contribution in [2.24, 2.45) is 0 Å². The van der Waals surface area contributed by atoms with Crippen LogP contribution < -0.4 is 10.9 Å². The average Bonchev–Trinajstić information content (AvgIpc) is 3.40. The summed E-state index contributed by atoms with van der Waals surface area (Å²) in [5, 5.41) is 7.75. The Morgan fingerprint density at radius 2 is 1.94 bits per heavy atom. The monoisotopic (exact) mass is 426 g/mol. The quantitative estimate of drug-likeness (QED) is 0.446. The van der Waals surface area contributed by atoms with E-state index in [0.717, 1.165) is 22.5 Å². The van der Waals surface area contributed by atoms with Gasteiger partial charge in [0.25, 0.3) is 11.5 Å². The van der Waals surface area contributed by atoms with Crippen molar-refractivity contribution in [1.82, 2.24) is 30.0 Å². The van der Waals surface area contributed by atoms with Gasteiger partial charge in [-0.05, 0) is 31.2 Å². The SMILES string of the molecule is Cc1oc2nc[nH]c(=O)c2c1C(=O)NCc1cn(-c2ccccc2)nc1-c1ccncc1. The molecule has 0 aliphatic heterocycles. The van der Waals surface area contributed by atoms with E-state index < -0.39 is 11.5 Å². The maximum Gasteiger partial charge on any atom is 0.262 e. The first-order valence-corrected chi connectivity index (χ1v) is 9.91. The van der Waals surface area contributed by atoms with Crippen molar-refractivity contribution >= 4 is 17.0 Å². The minimum absolute atomic E-state index is 0.130. The number of pyridine rings is 1. The topological polar surface area (TPSA) is 119 Å². The van der Waals surface area contributed by atoms with Gasteiger partial charge in [-0.3, -0.25) is 14.6 Å². The van der Waals surface area contributed by atoms with Gasteiger partial charge in [0.2, 0.25) is 5.71 Å². The van der Waals surface area contributed by atoms with E-state index in [-0.39, 0.29) is 23.2 Å². The Morgan fingerprint density at radius 1 is 1.16 bits per heavy atom. The fourth-order valence-electron chi connectivity index (χ4n) is 3.60. The van der Waals surface area contributed by atoms with E-state index in [1.54, 1.807) is 24.0 Å². The van der Waals surface area contributed by atoms with Gasteiger partial charge < -0.3 is 14.7 Å². The second kappa shape index (κ2) is 7.95. The molecule has 0 saturated heterocycles. The number of rotatable bonds is 5. The molecule has 0 fully saturated rings. The van der Waals surface area contributed by atoms with Gasteiger partial charge in [-0.1, -0.05) is 18.2 Å². The Balaban J connectivity index is 1.49. The Kier molecular flexibility index (Phi) is 4.83. The normalized spacial score (nSPS) is 11.0. The number of nitrogens with zero attached hydrogens (tertiary/aromatic N) is 4. The van der Waals surface area contributed by atoms with Crippen molar-refractivity contribution < 1.29 is 9.21 Å². The zero-order chi connectivity index (χ0) is 22.1. The number of hydrogen-bond donors (Lipinski definition) is 2. The molecule has 0 radical (unpaired) electrons. The molecule has 0 bridgehead atoms. The summed E-state index contributed by atoms with van der Waals surface area (Å²) >= 11 is 0. The van der Waals surface area contributed by atoms with Crippen molar-refractivity contribution in [3.8, 4) is 16.9 Å². The first-order valence-electron chi connectivity index (χ1n) is 9.91. The van der Waals surface area contributed by atoms with E-state index >= 15 is 0 Å². The van der Waals surface area contributed by atoms with Crippen molar-refractivity contribution in [3.05, 3.63) is 94.6 Å². The number of hydrogen-bond acceptors (Lipinski definition) is 6. The van der Waals surface area contributed by atoms with Gasteiger partial charge in [0.1, 0.15) is 11.1 Å². The molecule has 1 aromatic carbocycles. The van der Waals surface area contributed by atoms with Crippen LogP contribution in [-0.4, -0.2) is 30.6 Å². The second-order valence-corrected chi connectivity index (χ2v) is 7.15. The summed E-state index contributed by atoms with van der Waals surface area (Å²) in [6.45, 7) is 1.83. The van der Waals surface area contributed by atoms with Crippen LogP contribution in [0.5, 0.6) is 0 Å². The lowest BCUT2D eigenvalue weighted by molar-refractivity contribution is 0.0951. The van der Waals surface area contributed by atoms with Gasteiger partial charge in [0.05, 0.1) is 23.3 Å². The number of furan rings is 1. The first kappa shape index (κ1) is 19.4. The number of nitrogens with one attached hydrogen (secondary N) is 2. The average molecular weight is 426 g/mol. The van der Waals surface area contributed by atoms with E-state index in [0.29, 0.717) is 5.76 Å². The largest absolute Gasteiger partial charge is 0.442 e. The number of aromatic amines is 1. The Bertz CT molecular complexity index is 1470. The standard InChI is InChI=1S/C23H18N6O3/c1-14-18(19-22(31)26-13-27-23(19)32-14)21(30)25-11-16-12-29(17-5-3-2-4-6-17)28-20(16)15-7-9-24-10-8-15/h2-10,12-13H,11H2,1H3,(H,25,30)(H,26,27,31). The van der Waals surface area contributed by atoms with Crippen molar-refractivity contribution in [2.45, 2.75) is 13.5 Å². The highest BCUT2D eigenvalue weighted by molar-refractivity contribution is 6.06. The lowest BCUT2D eigenvalue weighted by Crippen LogP contribution is -2.24. The second-order valence-electron chi connectivity index (χ2n) is 7.15. The van der Waals surface area contributed by atoms with Crippen LogP contribution in [0.3, 0.4) is 0 Å². The number of aromatic nitrogens is 5. The number of carbonyl (C=O) groups excluding carboxylic acids is 1. The third-order valence-corrected chi connectivity index (χ3v) is 5.10. The van der Waals surface area contributed by atoms with Crippen LogP contribution in [0, 0.1) is 6.92 Å². The van der Waals surface area contributed by atoms with Gasteiger partial charge in [-0.15, -0.1) is 0 Å². The third-order valence-electron chi connectivity index (χ3n) is 5.10. The molecule has 4 heterocycles. The Hall–Kier alpha value is -4.53. The molecule has 1 amide bonds. The molecule has 5 aromatic rings. The number of carbonyl (C=O) groups is 1. The first-order chi connectivity index (χ1) is 15.6. The van der Waals surface area contributed by atoms with Crippen molar-refractivity contribution in [1.29, 1.82) is 0 Å². The van der Waals surface area contributed by atoms with Gasteiger partial charge in [0.15, 0.2) is 0 Å². The maximum absolute atomic E-state index is 13.0. The molecule has 5 rings (SSSR count). The van der Waals surface area contributed by atoms with Gasteiger partial charge >= 0.3 is 0 Å². The fraction of sp³-hybridized carbons (Fsp3) is 0.0870. The summed E-state index contributed by atoms with van der Waals surface area (Å²) in [6.07, 6.45) is 6.51. The summed E-state index contributed by atoms with van der Waals surface area (Å²) in [6, 6.07) is 13.4. The minimum atomic E-state index is -0.425. The fourth-order valence-corrected chi connectivity index (χ4v) is 3.60. The van der Waals surface area contributed by atoms with Crippen LogP contribution in [0.4, 0.5) is 0 Å². The van der Waals surface area contributed by atoms with Crippen LogP contribution in [0.1, 0.15) is 21.7 Å². The van der Waals surface area contributed by atoms with Crippen LogP contribution in [-0.2, 0) is 6.54 Å². The lowest BCUT2D eigenvalue weighted by atomic mass is 10.1. The molecule has 0 saturated carbocycles. The zero-order valence-corrected chi connectivity index (χ0v) is 17.1. The van der Waals surface area contributed by atoms with Crippen molar-refractivity contribution in [3.63, 3.8) is 0 Å². The summed E-state index contributed by atoms with van der Waals surface area (Å²) in [5.74, 6) is -0.0936. The highest BCUT2D eigenvalue weighted by Crippen LogP contribution is 2.24. The number of benzene rings is 1. The highest BCUT2D eigenvalue weighted by atomic mass is 16.3. The minimum Gasteiger partial charge on any atom is -0.442 e. The molecule has 0 atom stereocenters. The zero-order valence-electron chi connectivity index (χ0n) is 17.1. The highest BCUT2D eigenvalue weighted by Gasteiger charge is 2.22. The number of aryl methyl sites for hydroxylation is 1. The molecular formula is C23H18N6O3. The van der Waals surface area contributed by atoms with E-state index in [9.17, 15) is 9.59 Å². The molecule has 0 aliphatic rings. The van der Waals surface area contributed by atoms with Crippen molar-refractivity contribution in [2.75, 3.05) is 0 Å². The van der Waals surface area contributed by atoms with E-state index in [2.05, 4.69) is 20.3 Å². The van der Waals surface area contributed by atoms with Crippen LogP contribution in [0.15, 0.2) is 76.6 Å². The Labute approximate surface area is 181 Å². The predicted octanol–water partition coefficient (Wildman–Crippen LogP) is 3.00.